The number of aromatic nitrogens is 3. The molecule has 96 valence electrons. The first-order valence-electron chi connectivity index (χ1n) is 6.15. The Morgan fingerprint density at radius 2 is 2.24 bits per heavy atom. The molecule has 0 amide bonds. The van der Waals surface area contributed by atoms with Gasteiger partial charge in [0.1, 0.15) is 0 Å². The van der Waals surface area contributed by atoms with Crippen LogP contribution >= 0.6 is 11.8 Å². The number of thioether (sulfide) groups is 1. The van der Waals surface area contributed by atoms with Crippen LogP contribution in [-0.4, -0.2) is 31.2 Å². The molecule has 6 heteroatoms. The highest BCUT2D eigenvalue weighted by atomic mass is 32.2. The van der Waals surface area contributed by atoms with E-state index in [1.807, 2.05) is 6.92 Å². The lowest BCUT2D eigenvalue weighted by Gasteiger charge is -2.20. The second kappa shape index (κ2) is 5.27. The molecule has 1 heterocycles. The van der Waals surface area contributed by atoms with E-state index in [9.17, 15) is 9.90 Å². The number of hydrogen-bond acceptors (Lipinski definition) is 4. The molecule has 2 N–H and O–H groups in total. The SMILES string of the molecule is CCCn1c(SCC2(O)CCCC2)n[nH]c1=O. The van der Waals surface area contributed by atoms with E-state index in [0.717, 1.165) is 32.1 Å². The first-order valence-corrected chi connectivity index (χ1v) is 7.13. The molecule has 1 aliphatic carbocycles. The number of aromatic amines is 1. The Balaban J connectivity index is 2.01. The summed E-state index contributed by atoms with van der Waals surface area (Å²) in [5.74, 6) is 0.626. The second-order valence-electron chi connectivity index (χ2n) is 4.68. The number of hydrogen-bond donors (Lipinski definition) is 2. The van der Waals surface area contributed by atoms with Gasteiger partial charge in [0.25, 0.3) is 0 Å². The Morgan fingerprint density at radius 1 is 1.53 bits per heavy atom. The third kappa shape index (κ3) is 2.93. The predicted molar refractivity (Wildman–Crippen MR) is 67.3 cm³/mol. The molecule has 0 radical (unpaired) electrons. The van der Waals surface area contributed by atoms with Crippen LogP contribution in [0.15, 0.2) is 9.95 Å². The zero-order chi connectivity index (χ0) is 12.3. The molecule has 0 bridgehead atoms. The predicted octanol–water partition coefficient (Wildman–Crippen LogP) is 1.38. The fourth-order valence-corrected chi connectivity index (χ4v) is 3.34. The van der Waals surface area contributed by atoms with Gasteiger partial charge in [-0.3, -0.25) is 4.57 Å². The molecule has 1 fully saturated rings. The molecule has 0 unspecified atom stereocenters. The van der Waals surface area contributed by atoms with E-state index in [1.165, 1.54) is 11.8 Å². The minimum Gasteiger partial charge on any atom is -0.389 e. The van der Waals surface area contributed by atoms with Crippen molar-refractivity contribution in [1.29, 1.82) is 0 Å². The van der Waals surface area contributed by atoms with Crippen molar-refractivity contribution in [2.45, 2.75) is 56.3 Å². The number of rotatable bonds is 5. The minimum absolute atomic E-state index is 0.159. The Morgan fingerprint density at radius 3 is 2.88 bits per heavy atom. The summed E-state index contributed by atoms with van der Waals surface area (Å²) in [6.45, 7) is 2.70. The van der Waals surface area contributed by atoms with Crippen LogP contribution < -0.4 is 5.69 Å². The van der Waals surface area contributed by atoms with Gasteiger partial charge < -0.3 is 5.11 Å². The number of nitrogens with one attached hydrogen (secondary N) is 1. The summed E-state index contributed by atoms with van der Waals surface area (Å²) in [5.41, 5.74) is -0.718. The van der Waals surface area contributed by atoms with Crippen molar-refractivity contribution in [3.05, 3.63) is 10.5 Å². The second-order valence-corrected chi connectivity index (χ2v) is 5.63. The molecular weight excluding hydrogens is 238 g/mol. The van der Waals surface area contributed by atoms with E-state index < -0.39 is 5.60 Å². The van der Waals surface area contributed by atoms with Crippen molar-refractivity contribution in [2.75, 3.05) is 5.75 Å². The zero-order valence-electron chi connectivity index (χ0n) is 10.1. The van der Waals surface area contributed by atoms with E-state index in [4.69, 9.17) is 0 Å². The zero-order valence-corrected chi connectivity index (χ0v) is 10.9. The number of aliphatic hydroxyl groups is 1. The van der Waals surface area contributed by atoms with Crippen molar-refractivity contribution < 1.29 is 5.11 Å². The highest BCUT2D eigenvalue weighted by Crippen LogP contribution is 2.33. The van der Waals surface area contributed by atoms with Crippen molar-refractivity contribution in [1.82, 2.24) is 14.8 Å². The first-order chi connectivity index (χ1) is 8.14. The summed E-state index contributed by atoms with van der Waals surface area (Å²) in [7, 11) is 0. The first kappa shape index (κ1) is 12.7. The normalized spacial score (nSPS) is 18.7. The van der Waals surface area contributed by atoms with Crippen molar-refractivity contribution in [3.8, 4) is 0 Å². The van der Waals surface area contributed by atoms with Crippen LogP contribution in [-0.2, 0) is 6.54 Å². The molecule has 1 aromatic rings. The molecule has 5 nitrogen and oxygen atoms in total. The van der Waals surface area contributed by atoms with Crippen LogP contribution in [0.2, 0.25) is 0 Å². The van der Waals surface area contributed by atoms with Gasteiger partial charge in [-0.25, -0.2) is 9.89 Å². The van der Waals surface area contributed by atoms with Gasteiger partial charge in [-0.05, 0) is 19.3 Å². The average Bonchev–Trinajstić information content (AvgIpc) is 2.87. The summed E-state index contributed by atoms with van der Waals surface area (Å²) in [4.78, 5) is 11.5. The fraction of sp³-hybridized carbons (Fsp3) is 0.818. The molecule has 1 aromatic heterocycles. The van der Waals surface area contributed by atoms with Crippen LogP contribution in [0.1, 0.15) is 39.0 Å². The molecule has 0 saturated heterocycles. The molecule has 1 aliphatic rings. The standard InChI is InChI=1S/C11H19N3O2S/c1-2-7-14-9(15)12-13-10(14)17-8-11(16)5-3-4-6-11/h16H,2-8H2,1H3,(H,12,15). The maximum Gasteiger partial charge on any atom is 0.343 e. The highest BCUT2D eigenvalue weighted by Gasteiger charge is 2.31. The summed E-state index contributed by atoms with van der Waals surface area (Å²) < 4.78 is 1.64. The summed E-state index contributed by atoms with van der Waals surface area (Å²) >= 11 is 1.47. The van der Waals surface area contributed by atoms with Gasteiger partial charge in [0, 0.05) is 12.3 Å². The highest BCUT2D eigenvalue weighted by molar-refractivity contribution is 7.99. The molecule has 17 heavy (non-hydrogen) atoms. The number of H-pyrrole nitrogens is 1. The lowest BCUT2D eigenvalue weighted by Crippen LogP contribution is -2.27. The van der Waals surface area contributed by atoms with Gasteiger partial charge in [-0.1, -0.05) is 31.5 Å². The topological polar surface area (TPSA) is 70.9 Å². The lowest BCUT2D eigenvalue weighted by atomic mass is 10.1. The summed E-state index contributed by atoms with van der Waals surface area (Å²) in [6, 6.07) is 0. The van der Waals surface area contributed by atoms with Crippen LogP contribution in [0.4, 0.5) is 0 Å². The third-order valence-corrected chi connectivity index (χ3v) is 4.43. The molecule has 1 saturated carbocycles. The van der Waals surface area contributed by atoms with Gasteiger partial charge in [0.15, 0.2) is 5.16 Å². The van der Waals surface area contributed by atoms with E-state index in [2.05, 4.69) is 10.2 Å². The lowest BCUT2D eigenvalue weighted by molar-refractivity contribution is 0.0732. The summed E-state index contributed by atoms with van der Waals surface area (Å²) in [5, 5.41) is 17.4. The monoisotopic (exact) mass is 257 g/mol. The van der Waals surface area contributed by atoms with Crippen molar-refractivity contribution in [2.24, 2.45) is 0 Å². The minimum atomic E-state index is -0.559. The fourth-order valence-electron chi connectivity index (χ4n) is 2.21. The molecule has 0 atom stereocenters. The molecule has 0 spiro atoms. The van der Waals surface area contributed by atoms with Crippen molar-refractivity contribution in [3.63, 3.8) is 0 Å². The van der Waals surface area contributed by atoms with Gasteiger partial charge in [0.05, 0.1) is 5.60 Å². The summed E-state index contributed by atoms with van der Waals surface area (Å²) in [6.07, 6.45) is 4.82. The van der Waals surface area contributed by atoms with Crippen LogP contribution in [0, 0.1) is 0 Å². The van der Waals surface area contributed by atoms with Gasteiger partial charge >= 0.3 is 5.69 Å². The quantitative estimate of drug-likeness (QED) is 0.782. The number of nitrogens with zero attached hydrogens (tertiary/aromatic N) is 2. The molecule has 0 aromatic carbocycles. The molecular formula is C11H19N3O2S. The maximum absolute atomic E-state index is 11.5. The van der Waals surface area contributed by atoms with E-state index >= 15 is 0 Å². The van der Waals surface area contributed by atoms with E-state index in [1.54, 1.807) is 4.57 Å². The third-order valence-electron chi connectivity index (χ3n) is 3.17. The Hall–Kier alpha value is -0.750. The van der Waals surface area contributed by atoms with E-state index in [-0.39, 0.29) is 5.69 Å². The Kier molecular flexibility index (Phi) is 3.93. The van der Waals surface area contributed by atoms with Gasteiger partial charge in [-0.15, -0.1) is 5.10 Å². The Labute approximate surface area is 105 Å². The van der Waals surface area contributed by atoms with Gasteiger partial charge in [0.2, 0.25) is 0 Å². The maximum atomic E-state index is 11.5. The van der Waals surface area contributed by atoms with Crippen LogP contribution in [0.25, 0.3) is 0 Å². The smallest absolute Gasteiger partial charge is 0.343 e. The molecule has 0 aliphatic heterocycles. The van der Waals surface area contributed by atoms with Gasteiger partial charge in [-0.2, -0.15) is 0 Å². The van der Waals surface area contributed by atoms with E-state index in [0.29, 0.717) is 17.5 Å². The molecule has 2 rings (SSSR count). The Bertz CT molecular complexity index is 421. The van der Waals surface area contributed by atoms with Crippen molar-refractivity contribution >= 4 is 11.8 Å². The largest absolute Gasteiger partial charge is 0.389 e. The average molecular weight is 257 g/mol. The van der Waals surface area contributed by atoms with Crippen LogP contribution in [0.3, 0.4) is 0 Å². The van der Waals surface area contributed by atoms with Crippen LogP contribution in [0.5, 0.6) is 0 Å².